The van der Waals surface area contributed by atoms with Crippen molar-refractivity contribution in [3.05, 3.63) is 29.8 Å². The molecule has 0 bridgehead atoms. The van der Waals surface area contributed by atoms with E-state index >= 15 is 0 Å². The molecule has 2 N–H and O–H groups in total. The average molecular weight is 291 g/mol. The predicted octanol–water partition coefficient (Wildman–Crippen LogP) is 2.76. The van der Waals surface area contributed by atoms with E-state index in [9.17, 15) is 9.90 Å². The first kappa shape index (κ1) is 15.8. The van der Waals surface area contributed by atoms with Gasteiger partial charge >= 0.3 is 0 Å². The van der Waals surface area contributed by atoms with Crippen LogP contribution in [0.15, 0.2) is 24.3 Å². The fraction of sp³-hybridized carbons (Fsp3) is 0.588. The third-order valence-electron chi connectivity index (χ3n) is 4.52. The second kappa shape index (κ2) is 6.94. The Morgan fingerprint density at radius 2 is 2.14 bits per heavy atom. The molecule has 0 aromatic heterocycles. The van der Waals surface area contributed by atoms with E-state index in [1.54, 1.807) is 31.4 Å². The van der Waals surface area contributed by atoms with Gasteiger partial charge in [0.2, 0.25) is 0 Å². The fourth-order valence-corrected chi connectivity index (χ4v) is 2.91. The summed E-state index contributed by atoms with van der Waals surface area (Å²) >= 11 is 0. The molecule has 1 aliphatic carbocycles. The van der Waals surface area contributed by atoms with Crippen molar-refractivity contribution in [2.75, 3.05) is 13.7 Å². The standard InChI is InChI=1S/C17H25NO3/c1-3-13-7-9-17(20,10-8-13)12-18-16(19)14-5-4-6-15(11-14)21-2/h4-6,11,13,20H,3,7-10,12H2,1-2H3,(H,18,19). The summed E-state index contributed by atoms with van der Waals surface area (Å²) < 4.78 is 5.11. The quantitative estimate of drug-likeness (QED) is 0.877. The van der Waals surface area contributed by atoms with E-state index in [2.05, 4.69) is 12.2 Å². The van der Waals surface area contributed by atoms with Crippen molar-refractivity contribution in [3.8, 4) is 5.75 Å². The van der Waals surface area contributed by atoms with Gasteiger partial charge in [-0.05, 0) is 49.8 Å². The molecule has 0 heterocycles. The van der Waals surface area contributed by atoms with Gasteiger partial charge in [-0.15, -0.1) is 0 Å². The average Bonchev–Trinajstić information content (AvgIpc) is 2.53. The van der Waals surface area contributed by atoms with Crippen molar-refractivity contribution in [2.24, 2.45) is 5.92 Å². The number of rotatable bonds is 5. The van der Waals surface area contributed by atoms with Gasteiger partial charge in [-0.1, -0.05) is 19.4 Å². The molecule has 21 heavy (non-hydrogen) atoms. The van der Waals surface area contributed by atoms with Gasteiger partial charge in [0.25, 0.3) is 5.91 Å². The highest BCUT2D eigenvalue weighted by Gasteiger charge is 2.32. The largest absolute Gasteiger partial charge is 0.497 e. The number of amides is 1. The molecule has 1 saturated carbocycles. The third-order valence-corrected chi connectivity index (χ3v) is 4.52. The molecule has 2 rings (SSSR count). The molecule has 1 aromatic rings. The van der Waals surface area contributed by atoms with Crippen LogP contribution in [0.2, 0.25) is 0 Å². The van der Waals surface area contributed by atoms with Crippen LogP contribution < -0.4 is 10.1 Å². The molecular weight excluding hydrogens is 266 g/mol. The van der Waals surface area contributed by atoms with E-state index in [0.717, 1.165) is 31.6 Å². The topological polar surface area (TPSA) is 58.6 Å². The Labute approximate surface area is 126 Å². The van der Waals surface area contributed by atoms with Crippen molar-refractivity contribution in [1.82, 2.24) is 5.32 Å². The van der Waals surface area contributed by atoms with Gasteiger partial charge in [0.1, 0.15) is 5.75 Å². The lowest BCUT2D eigenvalue weighted by Crippen LogP contribution is -2.45. The maximum absolute atomic E-state index is 12.1. The summed E-state index contributed by atoms with van der Waals surface area (Å²) in [4.78, 5) is 12.1. The SMILES string of the molecule is CCC1CCC(O)(CNC(=O)c2cccc(OC)c2)CC1. The molecule has 1 aromatic carbocycles. The first-order chi connectivity index (χ1) is 10.1. The molecule has 116 valence electrons. The Hall–Kier alpha value is -1.55. The van der Waals surface area contributed by atoms with E-state index < -0.39 is 5.60 Å². The van der Waals surface area contributed by atoms with Gasteiger partial charge in [0, 0.05) is 12.1 Å². The zero-order valence-electron chi connectivity index (χ0n) is 12.9. The molecular formula is C17H25NO3. The molecule has 4 nitrogen and oxygen atoms in total. The van der Waals surface area contributed by atoms with Crippen molar-refractivity contribution in [1.29, 1.82) is 0 Å². The van der Waals surface area contributed by atoms with Crippen molar-refractivity contribution in [3.63, 3.8) is 0 Å². The third kappa shape index (κ3) is 4.21. The molecule has 0 spiro atoms. The summed E-state index contributed by atoms with van der Waals surface area (Å²) in [6, 6.07) is 7.04. The first-order valence-corrected chi connectivity index (χ1v) is 7.71. The highest BCUT2D eigenvalue weighted by molar-refractivity contribution is 5.94. The minimum absolute atomic E-state index is 0.167. The smallest absolute Gasteiger partial charge is 0.251 e. The molecule has 1 aliphatic rings. The summed E-state index contributed by atoms with van der Waals surface area (Å²) in [5, 5.41) is 13.4. The van der Waals surface area contributed by atoms with Gasteiger partial charge in [-0.25, -0.2) is 0 Å². The Kier molecular flexibility index (Phi) is 5.23. The fourth-order valence-electron chi connectivity index (χ4n) is 2.91. The molecule has 4 heteroatoms. The maximum atomic E-state index is 12.1. The van der Waals surface area contributed by atoms with E-state index in [-0.39, 0.29) is 5.91 Å². The van der Waals surface area contributed by atoms with Crippen LogP contribution in [0, 0.1) is 5.92 Å². The Morgan fingerprint density at radius 1 is 1.43 bits per heavy atom. The molecule has 1 amide bonds. The van der Waals surface area contributed by atoms with Crippen LogP contribution >= 0.6 is 0 Å². The summed E-state index contributed by atoms with van der Waals surface area (Å²) in [5.74, 6) is 1.21. The molecule has 0 atom stereocenters. The molecule has 0 aliphatic heterocycles. The van der Waals surface area contributed by atoms with Crippen molar-refractivity contribution < 1.29 is 14.6 Å². The number of carbonyl (C=O) groups is 1. The summed E-state index contributed by atoms with van der Waals surface area (Å²) in [6.07, 6.45) is 4.80. The van der Waals surface area contributed by atoms with Crippen LogP contribution in [0.1, 0.15) is 49.4 Å². The normalized spacial score (nSPS) is 25.4. The maximum Gasteiger partial charge on any atom is 0.251 e. The van der Waals surface area contributed by atoms with Crippen LogP contribution in [-0.4, -0.2) is 30.3 Å². The number of benzene rings is 1. The van der Waals surface area contributed by atoms with E-state index in [4.69, 9.17) is 4.74 Å². The van der Waals surface area contributed by atoms with Crippen LogP contribution in [0.25, 0.3) is 0 Å². The Morgan fingerprint density at radius 3 is 2.76 bits per heavy atom. The minimum Gasteiger partial charge on any atom is -0.497 e. The molecule has 0 radical (unpaired) electrons. The van der Waals surface area contributed by atoms with Crippen LogP contribution in [-0.2, 0) is 0 Å². The van der Waals surface area contributed by atoms with Gasteiger partial charge in [-0.3, -0.25) is 4.79 Å². The number of hydrogen-bond donors (Lipinski definition) is 2. The minimum atomic E-state index is -0.750. The second-order valence-corrected chi connectivity index (χ2v) is 5.99. The van der Waals surface area contributed by atoms with Crippen LogP contribution in [0.4, 0.5) is 0 Å². The number of hydrogen-bond acceptors (Lipinski definition) is 3. The Balaban J connectivity index is 1.88. The van der Waals surface area contributed by atoms with Crippen molar-refractivity contribution >= 4 is 5.91 Å². The van der Waals surface area contributed by atoms with E-state index in [0.29, 0.717) is 17.9 Å². The molecule has 1 fully saturated rings. The molecule has 0 saturated heterocycles. The summed E-state index contributed by atoms with van der Waals surface area (Å²) in [6.45, 7) is 2.51. The zero-order chi connectivity index (χ0) is 15.3. The Bertz CT molecular complexity index is 479. The summed E-state index contributed by atoms with van der Waals surface area (Å²) in [7, 11) is 1.58. The number of nitrogens with one attached hydrogen (secondary N) is 1. The number of aliphatic hydroxyl groups is 1. The highest BCUT2D eigenvalue weighted by Crippen LogP contribution is 2.33. The first-order valence-electron chi connectivity index (χ1n) is 7.71. The van der Waals surface area contributed by atoms with E-state index in [1.807, 2.05) is 0 Å². The van der Waals surface area contributed by atoms with E-state index in [1.165, 1.54) is 6.42 Å². The van der Waals surface area contributed by atoms with Gasteiger partial charge in [0.15, 0.2) is 0 Å². The van der Waals surface area contributed by atoms with Gasteiger partial charge in [0.05, 0.1) is 12.7 Å². The lowest BCUT2D eigenvalue weighted by atomic mass is 9.78. The summed E-state index contributed by atoms with van der Waals surface area (Å²) in [5.41, 5.74) is -0.194. The molecule has 0 unspecified atom stereocenters. The number of methoxy groups -OCH3 is 1. The highest BCUT2D eigenvalue weighted by atomic mass is 16.5. The van der Waals surface area contributed by atoms with Gasteiger partial charge in [-0.2, -0.15) is 0 Å². The van der Waals surface area contributed by atoms with Crippen LogP contribution in [0.5, 0.6) is 5.75 Å². The lowest BCUT2D eigenvalue weighted by molar-refractivity contribution is -0.00786. The number of ether oxygens (including phenoxy) is 1. The predicted molar refractivity (Wildman–Crippen MR) is 82.5 cm³/mol. The lowest BCUT2D eigenvalue weighted by Gasteiger charge is -2.35. The van der Waals surface area contributed by atoms with Gasteiger partial charge < -0.3 is 15.2 Å². The number of carbonyl (C=O) groups excluding carboxylic acids is 1. The zero-order valence-corrected chi connectivity index (χ0v) is 12.9. The van der Waals surface area contributed by atoms with Crippen LogP contribution in [0.3, 0.4) is 0 Å². The van der Waals surface area contributed by atoms with Crippen molar-refractivity contribution in [2.45, 2.75) is 44.6 Å². The monoisotopic (exact) mass is 291 g/mol. The second-order valence-electron chi connectivity index (χ2n) is 5.99.